The zero-order valence-electron chi connectivity index (χ0n) is 9.89. The van der Waals surface area contributed by atoms with Crippen LogP contribution in [0.3, 0.4) is 0 Å². The van der Waals surface area contributed by atoms with Gasteiger partial charge in [-0.3, -0.25) is 4.90 Å². The van der Waals surface area contributed by atoms with Crippen molar-refractivity contribution >= 4 is 22.6 Å². The van der Waals surface area contributed by atoms with Crippen molar-refractivity contribution in [3.8, 4) is 0 Å². The average molecular weight is 239 g/mol. The van der Waals surface area contributed by atoms with Crippen molar-refractivity contribution in [3.05, 3.63) is 48.8 Å². The number of urea groups is 1. The SMILES string of the molecule is C=C1CCN(c2cc3ccccc3cn2)C(=O)N1. The first-order chi connectivity index (χ1) is 8.74. The van der Waals surface area contributed by atoms with Crippen LogP contribution in [-0.2, 0) is 0 Å². The predicted molar refractivity (Wildman–Crippen MR) is 71.4 cm³/mol. The van der Waals surface area contributed by atoms with Crippen molar-refractivity contribution in [1.29, 1.82) is 0 Å². The van der Waals surface area contributed by atoms with Gasteiger partial charge in [0.2, 0.25) is 0 Å². The smallest absolute Gasteiger partial charge is 0.312 e. The van der Waals surface area contributed by atoms with E-state index >= 15 is 0 Å². The zero-order valence-corrected chi connectivity index (χ0v) is 9.89. The first-order valence-corrected chi connectivity index (χ1v) is 5.85. The predicted octanol–water partition coefficient (Wildman–Crippen LogP) is 2.67. The fourth-order valence-corrected chi connectivity index (χ4v) is 2.07. The summed E-state index contributed by atoms with van der Waals surface area (Å²) >= 11 is 0. The summed E-state index contributed by atoms with van der Waals surface area (Å²) in [4.78, 5) is 17.8. The largest absolute Gasteiger partial charge is 0.327 e. The van der Waals surface area contributed by atoms with E-state index in [0.717, 1.165) is 22.9 Å². The number of anilines is 1. The number of fused-ring (bicyclic) bond motifs is 1. The lowest BCUT2D eigenvalue weighted by Gasteiger charge is -2.27. The van der Waals surface area contributed by atoms with Gasteiger partial charge in [-0.15, -0.1) is 0 Å². The molecule has 90 valence electrons. The maximum Gasteiger partial charge on any atom is 0.327 e. The van der Waals surface area contributed by atoms with Crippen LogP contribution in [0.1, 0.15) is 6.42 Å². The number of nitrogens with one attached hydrogen (secondary N) is 1. The Balaban J connectivity index is 1.99. The highest BCUT2D eigenvalue weighted by Crippen LogP contribution is 2.21. The van der Waals surface area contributed by atoms with Crippen molar-refractivity contribution in [1.82, 2.24) is 10.3 Å². The molecule has 0 spiro atoms. The van der Waals surface area contributed by atoms with Crippen molar-refractivity contribution in [3.63, 3.8) is 0 Å². The van der Waals surface area contributed by atoms with Crippen molar-refractivity contribution < 1.29 is 4.79 Å². The van der Waals surface area contributed by atoms with Gasteiger partial charge in [-0.1, -0.05) is 30.8 Å². The molecular formula is C14H13N3O. The molecule has 1 aliphatic heterocycles. The molecule has 0 unspecified atom stereocenters. The molecule has 4 heteroatoms. The number of carbonyl (C=O) groups is 1. The van der Waals surface area contributed by atoms with E-state index in [4.69, 9.17) is 0 Å². The lowest BCUT2D eigenvalue weighted by atomic mass is 10.1. The van der Waals surface area contributed by atoms with Crippen LogP contribution < -0.4 is 10.2 Å². The molecule has 1 aromatic carbocycles. The third kappa shape index (κ3) is 1.82. The van der Waals surface area contributed by atoms with Crippen LogP contribution in [0.15, 0.2) is 48.8 Å². The monoisotopic (exact) mass is 239 g/mol. The minimum atomic E-state index is -0.158. The van der Waals surface area contributed by atoms with E-state index < -0.39 is 0 Å². The molecule has 4 nitrogen and oxygen atoms in total. The highest BCUT2D eigenvalue weighted by atomic mass is 16.2. The molecule has 0 saturated carbocycles. The zero-order chi connectivity index (χ0) is 12.5. The maximum absolute atomic E-state index is 11.9. The number of hydrogen-bond acceptors (Lipinski definition) is 2. The van der Waals surface area contributed by atoms with E-state index in [1.807, 2.05) is 30.3 Å². The molecule has 0 radical (unpaired) electrons. The summed E-state index contributed by atoms with van der Waals surface area (Å²) in [5.74, 6) is 0.679. The number of carbonyl (C=O) groups excluding carboxylic acids is 1. The molecule has 2 amide bonds. The minimum absolute atomic E-state index is 0.158. The van der Waals surface area contributed by atoms with Crippen molar-refractivity contribution in [2.45, 2.75) is 6.42 Å². The molecule has 1 aromatic heterocycles. The van der Waals surface area contributed by atoms with E-state index in [2.05, 4.69) is 16.9 Å². The van der Waals surface area contributed by atoms with E-state index in [1.54, 1.807) is 11.1 Å². The summed E-state index contributed by atoms with van der Waals surface area (Å²) in [6.45, 7) is 4.38. The first-order valence-electron chi connectivity index (χ1n) is 5.85. The van der Waals surface area contributed by atoms with Gasteiger partial charge < -0.3 is 5.32 Å². The number of benzene rings is 1. The molecule has 0 atom stereocenters. The van der Waals surface area contributed by atoms with Crippen LogP contribution in [0.5, 0.6) is 0 Å². The van der Waals surface area contributed by atoms with Gasteiger partial charge in [-0.05, 0) is 11.5 Å². The van der Waals surface area contributed by atoms with Gasteiger partial charge in [0.15, 0.2) is 0 Å². The molecule has 18 heavy (non-hydrogen) atoms. The van der Waals surface area contributed by atoms with Gasteiger partial charge in [0, 0.05) is 30.2 Å². The Labute approximate surface area is 105 Å². The number of nitrogens with zero attached hydrogens (tertiary/aromatic N) is 2. The number of hydrogen-bond donors (Lipinski definition) is 1. The Morgan fingerprint density at radius 3 is 2.83 bits per heavy atom. The van der Waals surface area contributed by atoms with Gasteiger partial charge in [-0.25, -0.2) is 9.78 Å². The molecule has 2 aromatic rings. The van der Waals surface area contributed by atoms with Gasteiger partial charge in [-0.2, -0.15) is 0 Å². The summed E-state index contributed by atoms with van der Waals surface area (Å²) in [5, 5.41) is 4.88. The van der Waals surface area contributed by atoms with Crippen LogP contribution in [0.2, 0.25) is 0 Å². The molecular weight excluding hydrogens is 226 g/mol. The molecule has 3 rings (SSSR count). The van der Waals surface area contributed by atoms with Gasteiger partial charge in [0.25, 0.3) is 0 Å². The average Bonchev–Trinajstić information content (AvgIpc) is 2.38. The summed E-state index contributed by atoms with van der Waals surface area (Å²) < 4.78 is 0. The van der Waals surface area contributed by atoms with Gasteiger partial charge >= 0.3 is 6.03 Å². The number of rotatable bonds is 1. The molecule has 1 saturated heterocycles. The van der Waals surface area contributed by atoms with Crippen molar-refractivity contribution in [2.24, 2.45) is 0 Å². The fraction of sp³-hybridized carbons (Fsp3) is 0.143. The number of aromatic nitrogens is 1. The summed E-state index contributed by atoms with van der Waals surface area (Å²) in [6.07, 6.45) is 2.54. The fourth-order valence-electron chi connectivity index (χ4n) is 2.07. The summed E-state index contributed by atoms with van der Waals surface area (Å²) in [6, 6.07) is 9.74. The Hall–Kier alpha value is -2.36. The van der Waals surface area contributed by atoms with Crippen LogP contribution >= 0.6 is 0 Å². The van der Waals surface area contributed by atoms with Gasteiger partial charge in [0.1, 0.15) is 5.82 Å². The van der Waals surface area contributed by atoms with Crippen LogP contribution in [0, 0.1) is 0 Å². The molecule has 2 heterocycles. The lowest BCUT2D eigenvalue weighted by molar-refractivity contribution is 0.246. The van der Waals surface area contributed by atoms with Crippen LogP contribution in [0.25, 0.3) is 10.8 Å². The number of amides is 2. The van der Waals surface area contributed by atoms with E-state index in [1.165, 1.54) is 0 Å². The molecule has 0 bridgehead atoms. The van der Waals surface area contributed by atoms with E-state index in [0.29, 0.717) is 12.4 Å². The van der Waals surface area contributed by atoms with Crippen molar-refractivity contribution in [2.75, 3.05) is 11.4 Å². The lowest BCUT2D eigenvalue weighted by Crippen LogP contribution is -2.45. The van der Waals surface area contributed by atoms with E-state index in [-0.39, 0.29) is 6.03 Å². The molecule has 1 fully saturated rings. The third-order valence-corrected chi connectivity index (χ3v) is 3.06. The Morgan fingerprint density at radius 2 is 2.06 bits per heavy atom. The highest BCUT2D eigenvalue weighted by molar-refractivity contribution is 5.95. The van der Waals surface area contributed by atoms with Gasteiger partial charge in [0.05, 0.1) is 0 Å². The Bertz CT molecular complexity index is 636. The highest BCUT2D eigenvalue weighted by Gasteiger charge is 2.22. The first kappa shape index (κ1) is 10.8. The number of pyridine rings is 1. The third-order valence-electron chi connectivity index (χ3n) is 3.06. The second-order valence-electron chi connectivity index (χ2n) is 4.32. The molecule has 1 aliphatic rings. The Morgan fingerprint density at radius 1 is 1.28 bits per heavy atom. The minimum Gasteiger partial charge on any atom is -0.312 e. The quantitative estimate of drug-likeness (QED) is 0.831. The molecule has 1 N–H and O–H groups in total. The summed E-state index contributed by atoms with van der Waals surface area (Å²) in [5.41, 5.74) is 0.761. The van der Waals surface area contributed by atoms with E-state index in [9.17, 15) is 4.79 Å². The topological polar surface area (TPSA) is 45.2 Å². The summed E-state index contributed by atoms with van der Waals surface area (Å²) in [7, 11) is 0. The Kier molecular flexibility index (Phi) is 2.48. The second-order valence-corrected chi connectivity index (χ2v) is 4.32. The normalized spacial score (nSPS) is 15.9. The molecule has 0 aliphatic carbocycles. The standard InChI is InChI=1S/C14H13N3O/c1-10-6-7-17(14(18)16-10)13-8-11-4-2-3-5-12(11)9-15-13/h2-5,8-9H,1,6-7H2,(H,16,18). The van der Waals surface area contributed by atoms with Crippen LogP contribution in [0.4, 0.5) is 10.6 Å². The van der Waals surface area contributed by atoms with Crippen LogP contribution in [-0.4, -0.2) is 17.6 Å². The second kappa shape index (κ2) is 4.14. The maximum atomic E-state index is 11.9.